The number of carbonyl (C=O) groups excluding carboxylic acids is 1. The van der Waals surface area contributed by atoms with Gasteiger partial charge in [-0.2, -0.15) is 0 Å². The van der Waals surface area contributed by atoms with E-state index < -0.39 is 0 Å². The maximum atomic E-state index is 12.2. The molecule has 3 aromatic rings. The fourth-order valence-electron chi connectivity index (χ4n) is 2.70. The number of ether oxygens (including phenoxy) is 1. The molecule has 1 aromatic heterocycles. The van der Waals surface area contributed by atoms with Crippen LogP contribution in [0.4, 0.5) is 0 Å². The number of nitrogens with one attached hydrogen (secondary N) is 1. The van der Waals surface area contributed by atoms with E-state index in [0.29, 0.717) is 24.4 Å². The third-order valence-electron chi connectivity index (χ3n) is 4.16. The predicted octanol–water partition coefficient (Wildman–Crippen LogP) is 3.94. The third kappa shape index (κ3) is 4.11. The monoisotopic (exact) mass is 350 g/mol. The first-order valence-corrected chi connectivity index (χ1v) is 8.52. The van der Waals surface area contributed by atoms with Gasteiger partial charge in [-0.3, -0.25) is 4.79 Å². The zero-order valence-corrected chi connectivity index (χ0v) is 15.2. The highest BCUT2D eigenvalue weighted by Gasteiger charge is 2.12. The van der Waals surface area contributed by atoms with Crippen molar-refractivity contribution in [3.8, 4) is 17.2 Å². The van der Waals surface area contributed by atoms with Crippen molar-refractivity contribution in [2.45, 2.75) is 20.3 Å². The Labute approximate surface area is 153 Å². The Morgan fingerprint density at radius 1 is 1.15 bits per heavy atom. The molecular formula is C21H22N2O3. The number of aryl methyl sites for hydroxylation is 2. The molecule has 1 N–H and O–H groups in total. The number of benzene rings is 2. The van der Waals surface area contributed by atoms with Crippen molar-refractivity contribution in [2.24, 2.45) is 0 Å². The van der Waals surface area contributed by atoms with Gasteiger partial charge in [0.25, 0.3) is 5.91 Å². The van der Waals surface area contributed by atoms with Crippen molar-refractivity contribution in [3.05, 3.63) is 71.1 Å². The lowest BCUT2D eigenvalue weighted by Crippen LogP contribution is -2.25. The molecule has 5 nitrogen and oxygen atoms in total. The van der Waals surface area contributed by atoms with Crippen LogP contribution < -0.4 is 10.1 Å². The van der Waals surface area contributed by atoms with Gasteiger partial charge in [-0.1, -0.05) is 17.7 Å². The van der Waals surface area contributed by atoms with E-state index in [2.05, 4.69) is 10.3 Å². The summed E-state index contributed by atoms with van der Waals surface area (Å²) in [7, 11) is 1.63. The van der Waals surface area contributed by atoms with Gasteiger partial charge in [0, 0.05) is 24.1 Å². The first-order valence-electron chi connectivity index (χ1n) is 8.52. The van der Waals surface area contributed by atoms with Crippen molar-refractivity contribution in [3.63, 3.8) is 0 Å². The van der Waals surface area contributed by atoms with Gasteiger partial charge < -0.3 is 14.5 Å². The molecule has 0 aliphatic carbocycles. The minimum absolute atomic E-state index is 0.0785. The van der Waals surface area contributed by atoms with E-state index in [1.54, 1.807) is 7.11 Å². The van der Waals surface area contributed by atoms with Gasteiger partial charge in [0.2, 0.25) is 5.89 Å². The average Bonchev–Trinajstić information content (AvgIpc) is 3.02. The molecule has 0 saturated heterocycles. The van der Waals surface area contributed by atoms with Gasteiger partial charge in [-0.25, -0.2) is 4.98 Å². The maximum Gasteiger partial charge on any atom is 0.251 e. The topological polar surface area (TPSA) is 64.4 Å². The first kappa shape index (κ1) is 17.7. The fourth-order valence-corrected chi connectivity index (χ4v) is 2.70. The molecular weight excluding hydrogens is 328 g/mol. The van der Waals surface area contributed by atoms with Crippen LogP contribution in [0.2, 0.25) is 0 Å². The summed E-state index contributed by atoms with van der Waals surface area (Å²) in [6.45, 7) is 4.36. The number of carbonyl (C=O) groups is 1. The number of methoxy groups -OCH3 is 1. The molecule has 0 saturated carbocycles. The zero-order chi connectivity index (χ0) is 18.5. The van der Waals surface area contributed by atoms with Crippen molar-refractivity contribution >= 4 is 5.91 Å². The summed E-state index contributed by atoms with van der Waals surface area (Å²) in [6, 6.07) is 15.1. The average molecular weight is 350 g/mol. The largest absolute Gasteiger partial charge is 0.497 e. The molecule has 0 radical (unpaired) electrons. The highest BCUT2D eigenvalue weighted by atomic mass is 16.5. The van der Waals surface area contributed by atoms with Gasteiger partial charge in [0.05, 0.1) is 12.8 Å². The molecule has 0 spiro atoms. The second-order valence-electron chi connectivity index (χ2n) is 6.13. The molecule has 5 heteroatoms. The minimum Gasteiger partial charge on any atom is -0.497 e. The van der Waals surface area contributed by atoms with E-state index in [1.165, 1.54) is 0 Å². The van der Waals surface area contributed by atoms with Crippen LogP contribution >= 0.6 is 0 Å². The molecule has 1 amide bonds. The Kier molecular flexibility index (Phi) is 5.37. The number of oxazole rings is 1. The van der Waals surface area contributed by atoms with Crippen LogP contribution in [0.25, 0.3) is 11.5 Å². The van der Waals surface area contributed by atoms with Gasteiger partial charge in [-0.05, 0) is 50.2 Å². The summed E-state index contributed by atoms with van der Waals surface area (Å²) in [5, 5.41) is 2.93. The van der Waals surface area contributed by atoms with Gasteiger partial charge in [0.1, 0.15) is 11.5 Å². The van der Waals surface area contributed by atoms with E-state index in [1.807, 2.05) is 62.4 Å². The summed E-state index contributed by atoms with van der Waals surface area (Å²) in [5.41, 5.74) is 3.47. The lowest BCUT2D eigenvalue weighted by atomic mass is 10.1. The van der Waals surface area contributed by atoms with Crippen molar-refractivity contribution in [1.29, 1.82) is 0 Å². The normalized spacial score (nSPS) is 10.6. The molecule has 0 aliphatic rings. The number of aromatic nitrogens is 1. The zero-order valence-electron chi connectivity index (χ0n) is 15.2. The lowest BCUT2D eigenvalue weighted by molar-refractivity contribution is 0.0954. The molecule has 26 heavy (non-hydrogen) atoms. The Morgan fingerprint density at radius 3 is 2.62 bits per heavy atom. The molecule has 0 bridgehead atoms. The number of hydrogen-bond acceptors (Lipinski definition) is 4. The second kappa shape index (κ2) is 7.87. The van der Waals surface area contributed by atoms with Gasteiger partial charge in [0.15, 0.2) is 0 Å². The number of amides is 1. The van der Waals surface area contributed by atoms with Crippen molar-refractivity contribution in [1.82, 2.24) is 10.3 Å². The Morgan fingerprint density at radius 2 is 1.92 bits per heavy atom. The molecule has 3 rings (SSSR count). The predicted molar refractivity (Wildman–Crippen MR) is 100 cm³/mol. The van der Waals surface area contributed by atoms with Crippen LogP contribution in [0.5, 0.6) is 5.75 Å². The molecule has 134 valence electrons. The summed E-state index contributed by atoms with van der Waals surface area (Å²) in [6.07, 6.45) is 0.614. The molecule has 0 fully saturated rings. The lowest BCUT2D eigenvalue weighted by Gasteiger charge is -2.05. The highest BCUT2D eigenvalue weighted by Crippen LogP contribution is 2.24. The van der Waals surface area contributed by atoms with Crippen LogP contribution in [0.1, 0.15) is 27.4 Å². The summed E-state index contributed by atoms with van der Waals surface area (Å²) >= 11 is 0. The SMILES string of the molecule is COc1ccc(-c2nc(CCNC(=O)c3cccc(C)c3)c(C)o2)cc1. The van der Waals surface area contributed by atoms with Crippen molar-refractivity contribution < 1.29 is 13.9 Å². The molecule has 1 heterocycles. The Bertz CT molecular complexity index is 898. The van der Waals surface area contributed by atoms with Crippen LogP contribution in [-0.2, 0) is 6.42 Å². The molecule has 0 unspecified atom stereocenters. The van der Waals surface area contributed by atoms with E-state index >= 15 is 0 Å². The number of nitrogens with zero attached hydrogens (tertiary/aromatic N) is 1. The standard InChI is InChI=1S/C21H22N2O3/c1-14-5-4-6-17(13-14)20(24)22-12-11-19-15(2)26-21(23-19)16-7-9-18(25-3)10-8-16/h4-10,13H,11-12H2,1-3H3,(H,22,24). The molecule has 0 aliphatic heterocycles. The van der Waals surface area contributed by atoms with Crippen LogP contribution in [-0.4, -0.2) is 24.5 Å². The molecule has 0 atom stereocenters. The minimum atomic E-state index is -0.0785. The van der Waals surface area contributed by atoms with Crippen molar-refractivity contribution in [2.75, 3.05) is 13.7 Å². The smallest absolute Gasteiger partial charge is 0.251 e. The van der Waals surface area contributed by atoms with Gasteiger partial charge >= 0.3 is 0 Å². The van der Waals surface area contributed by atoms with E-state index in [9.17, 15) is 4.79 Å². The van der Waals surface area contributed by atoms with Crippen LogP contribution in [0.3, 0.4) is 0 Å². The first-order chi connectivity index (χ1) is 12.6. The number of hydrogen-bond donors (Lipinski definition) is 1. The second-order valence-corrected chi connectivity index (χ2v) is 6.13. The van der Waals surface area contributed by atoms with Crippen LogP contribution in [0, 0.1) is 13.8 Å². The summed E-state index contributed by atoms with van der Waals surface area (Å²) in [5.74, 6) is 2.05. The van der Waals surface area contributed by atoms with E-state index in [-0.39, 0.29) is 5.91 Å². The fraction of sp³-hybridized carbons (Fsp3) is 0.238. The Hall–Kier alpha value is -3.08. The summed E-state index contributed by atoms with van der Waals surface area (Å²) in [4.78, 5) is 16.8. The third-order valence-corrected chi connectivity index (χ3v) is 4.16. The van der Waals surface area contributed by atoms with Gasteiger partial charge in [-0.15, -0.1) is 0 Å². The molecule has 2 aromatic carbocycles. The maximum absolute atomic E-state index is 12.2. The van der Waals surface area contributed by atoms with E-state index in [0.717, 1.165) is 28.3 Å². The summed E-state index contributed by atoms with van der Waals surface area (Å²) < 4.78 is 10.9. The Balaban J connectivity index is 1.61. The van der Waals surface area contributed by atoms with E-state index in [4.69, 9.17) is 9.15 Å². The van der Waals surface area contributed by atoms with Crippen LogP contribution in [0.15, 0.2) is 52.9 Å². The number of rotatable bonds is 6. The highest BCUT2D eigenvalue weighted by molar-refractivity contribution is 5.94. The quantitative estimate of drug-likeness (QED) is 0.731.